The molecule has 13 heavy (non-hydrogen) atoms. The van der Waals surface area contributed by atoms with Crippen LogP contribution >= 0.6 is 0 Å². The van der Waals surface area contributed by atoms with Gasteiger partial charge in [0.15, 0.2) is 0 Å². The van der Waals surface area contributed by atoms with E-state index in [1.54, 1.807) is 0 Å². The highest BCUT2D eigenvalue weighted by atomic mass is 14.5. The summed E-state index contributed by atoms with van der Waals surface area (Å²) in [6, 6.07) is 7.93. The Bertz CT molecular complexity index is 300. The van der Waals surface area contributed by atoms with Crippen molar-refractivity contribution in [1.82, 2.24) is 0 Å². The number of nitrogens with two attached hydrogens (primary N) is 1. The molecule has 0 aliphatic rings. The van der Waals surface area contributed by atoms with Crippen LogP contribution in [-0.4, -0.2) is 0 Å². The molecule has 2 N–H and O–H groups in total. The number of rotatable bonds is 4. The lowest BCUT2D eigenvalue weighted by Crippen LogP contribution is -1.91. The Balaban J connectivity index is 2.54. The van der Waals surface area contributed by atoms with Gasteiger partial charge in [-0.3, -0.25) is 0 Å². The van der Waals surface area contributed by atoms with Crippen LogP contribution in [0.4, 0.5) is 5.69 Å². The largest absolute Gasteiger partial charge is 0.398 e. The third kappa shape index (κ3) is 3.16. The first-order chi connectivity index (χ1) is 6.34. The van der Waals surface area contributed by atoms with Gasteiger partial charge in [0.1, 0.15) is 0 Å². The van der Waals surface area contributed by atoms with Gasteiger partial charge in [0.25, 0.3) is 0 Å². The summed E-state index contributed by atoms with van der Waals surface area (Å²) >= 11 is 0. The van der Waals surface area contributed by atoms with E-state index in [0.717, 1.165) is 18.5 Å². The lowest BCUT2D eigenvalue weighted by molar-refractivity contribution is 1.24. The molecular formula is C12H15N. The summed E-state index contributed by atoms with van der Waals surface area (Å²) in [6.45, 7) is 3.65. The second-order valence-electron chi connectivity index (χ2n) is 2.90. The fourth-order valence-electron chi connectivity index (χ4n) is 1.12. The molecule has 0 aliphatic heterocycles. The van der Waals surface area contributed by atoms with Crippen LogP contribution in [0.15, 0.2) is 49.1 Å². The molecule has 1 aromatic rings. The highest BCUT2D eigenvalue weighted by molar-refractivity contribution is 5.47. The molecule has 0 fully saturated rings. The molecule has 0 saturated heterocycles. The van der Waals surface area contributed by atoms with Gasteiger partial charge in [-0.2, -0.15) is 0 Å². The molecule has 1 heteroatoms. The third-order valence-corrected chi connectivity index (χ3v) is 1.86. The molecule has 0 spiro atoms. The summed E-state index contributed by atoms with van der Waals surface area (Å²) < 4.78 is 0. The zero-order chi connectivity index (χ0) is 9.52. The van der Waals surface area contributed by atoms with Crippen molar-refractivity contribution in [2.24, 2.45) is 0 Å². The number of anilines is 1. The molecule has 1 nitrogen and oxygen atoms in total. The van der Waals surface area contributed by atoms with Crippen molar-refractivity contribution >= 4 is 5.69 Å². The summed E-state index contributed by atoms with van der Waals surface area (Å²) in [4.78, 5) is 0. The van der Waals surface area contributed by atoms with E-state index >= 15 is 0 Å². The number of hydrogen-bond acceptors (Lipinski definition) is 1. The van der Waals surface area contributed by atoms with Crippen molar-refractivity contribution < 1.29 is 0 Å². The Morgan fingerprint density at radius 1 is 1.23 bits per heavy atom. The summed E-state index contributed by atoms with van der Waals surface area (Å²) in [5.74, 6) is 0. The molecule has 68 valence electrons. The Morgan fingerprint density at radius 2 is 2.00 bits per heavy atom. The van der Waals surface area contributed by atoms with Gasteiger partial charge in [-0.15, -0.1) is 6.58 Å². The predicted molar refractivity (Wildman–Crippen MR) is 58.5 cm³/mol. The molecule has 0 heterocycles. The molecule has 0 aromatic heterocycles. The second-order valence-corrected chi connectivity index (χ2v) is 2.90. The minimum absolute atomic E-state index is 0.866. The second kappa shape index (κ2) is 5.20. The quantitative estimate of drug-likeness (QED) is 0.550. The van der Waals surface area contributed by atoms with E-state index in [2.05, 4.69) is 18.7 Å². The van der Waals surface area contributed by atoms with Gasteiger partial charge in [0, 0.05) is 5.69 Å². The van der Waals surface area contributed by atoms with Crippen LogP contribution in [0.1, 0.15) is 12.0 Å². The first kappa shape index (κ1) is 9.59. The first-order valence-electron chi connectivity index (χ1n) is 4.44. The maximum atomic E-state index is 5.78. The van der Waals surface area contributed by atoms with Crippen LogP contribution in [-0.2, 0) is 6.42 Å². The number of hydrogen-bond donors (Lipinski definition) is 1. The third-order valence-electron chi connectivity index (χ3n) is 1.86. The van der Waals surface area contributed by atoms with Crippen LogP contribution in [0, 0.1) is 0 Å². The van der Waals surface area contributed by atoms with Crippen molar-refractivity contribution in [2.45, 2.75) is 12.8 Å². The molecule has 0 saturated carbocycles. The van der Waals surface area contributed by atoms with Crippen molar-refractivity contribution in [1.29, 1.82) is 0 Å². The van der Waals surface area contributed by atoms with Gasteiger partial charge < -0.3 is 5.73 Å². The Morgan fingerprint density at radius 3 is 2.69 bits per heavy atom. The summed E-state index contributed by atoms with van der Waals surface area (Å²) in [5.41, 5.74) is 7.83. The van der Waals surface area contributed by atoms with Crippen LogP contribution in [0.3, 0.4) is 0 Å². The Labute approximate surface area is 79.6 Å². The topological polar surface area (TPSA) is 26.0 Å². The van der Waals surface area contributed by atoms with Crippen LogP contribution in [0.2, 0.25) is 0 Å². The predicted octanol–water partition coefficient (Wildman–Crippen LogP) is 2.94. The minimum Gasteiger partial charge on any atom is -0.398 e. The zero-order valence-corrected chi connectivity index (χ0v) is 7.74. The maximum absolute atomic E-state index is 5.78. The molecule has 1 aromatic carbocycles. The number of nitrogen functional groups attached to an aromatic ring is 1. The summed E-state index contributed by atoms with van der Waals surface area (Å²) in [6.07, 6.45) is 7.92. The van der Waals surface area contributed by atoms with E-state index in [9.17, 15) is 0 Å². The number of benzene rings is 1. The molecule has 0 radical (unpaired) electrons. The van der Waals surface area contributed by atoms with Gasteiger partial charge in [-0.1, -0.05) is 36.4 Å². The average molecular weight is 173 g/mol. The zero-order valence-electron chi connectivity index (χ0n) is 7.74. The van der Waals surface area contributed by atoms with Crippen molar-refractivity contribution in [3.8, 4) is 0 Å². The van der Waals surface area contributed by atoms with Crippen LogP contribution in [0.25, 0.3) is 0 Å². The first-order valence-corrected chi connectivity index (χ1v) is 4.44. The Kier molecular flexibility index (Phi) is 3.83. The van der Waals surface area contributed by atoms with Gasteiger partial charge in [-0.25, -0.2) is 0 Å². The van der Waals surface area contributed by atoms with Crippen LogP contribution in [0.5, 0.6) is 0 Å². The average Bonchev–Trinajstić information content (AvgIpc) is 2.15. The van der Waals surface area contributed by atoms with E-state index in [-0.39, 0.29) is 0 Å². The fourth-order valence-corrected chi connectivity index (χ4v) is 1.12. The number of para-hydroxylation sites is 1. The molecule has 0 bridgehead atoms. The van der Waals surface area contributed by atoms with Gasteiger partial charge in [0.05, 0.1) is 0 Å². The van der Waals surface area contributed by atoms with Gasteiger partial charge in [0.2, 0.25) is 0 Å². The van der Waals surface area contributed by atoms with Crippen molar-refractivity contribution in [3.63, 3.8) is 0 Å². The van der Waals surface area contributed by atoms with Crippen molar-refractivity contribution in [3.05, 3.63) is 54.6 Å². The smallest absolute Gasteiger partial charge is 0.0349 e. The monoisotopic (exact) mass is 173 g/mol. The highest BCUT2D eigenvalue weighted by Gasteiger charge is 1.92. The number of allylic oxidation sites excluding steroid dienone is 3. The summed E-state index contributed by atoms with van der Waals surface area (Å²) in [7, 11) is 0. The van der Waals surface area contributed by atoms with Crippen molar-refractivity contribution in [2.75, 3.05) is 5.73 Å². The van der Waals surface area contributed by atoms with E-state index in [4.69, 9.17) is 5.73 Å². The maximum Gasteiger partial charge on any atom is 0.0349 e. The highest BCUT2D eigenvalue weighted by Crippen LogP contribution is 2.11. The van der Waals surface area contributed by atoms with Gasteiger partial charge >= 0.3 is 0 Å². The van der Waals surface area contributed by atoms with Crippen LogP contribution < -0.4 is 5.73 Å². The molecule has 0 aliphatic carbocycles. The Hall–Kier alpha value is -1.50. The molecule has 0 amide bonds. The molecule has 0 atom stereocenters. The SMILES string of the molecule is C=CCC=CCc1ccccc1N. The minimum atomic E-state index is 0.866. The lowest BCUT2D eigenvalue weighted by Gasteiger charge is -2.00. The van der Waals surface area contributed by atoms with Gasteiger partial charge in [-0.05, 0) is 24.5 Å². The van der Waals surface area contributed by atoms with E-state index in [0.29, 0.717) is 0 Å². The molecule has 0 unspecified atom stereocenters. The molecular weight excluding hydrogens is 158 g/mol. The fraction of sp³-hybridized carbons (Fsp3) is 0.167. The standard InChI is InChI=1S/C12H15N/c1-2-3-4-5-8-11-9-6-7-10-12(11)13/h2,4-7,9-10H,1,3,8,13H2. The van der Waals surface area contributed by atoms with E-state index < -0.39 is 0 Å². The summed E-state index contributed by atoms with van der Waals surface area (Å²) in [5, 5.41) is 0. The van der Waals surface area contributed by atoms with E-state index in [1.807, 2.05) is 30.3 Å². The lowest BCUT2D eigenvalue weighted by atomic mass is 10.1. The normalized spacial score (nSPS) is 10.5. The van der Waals surface area contributed by atoms with E-state index in [1.165, 1.54) is 5.56 Å². The molecule has 1 rings (SSSR count).